The van der Waals surface area contributed by atoms with Gasteiger partial charge in [0.25, 0.3) is 0 Å². The number of amides is 1. The summed E-state index contributed by atoms with van der Waals surface area (Å²) >= 11 is 0. The summed E-state index contributed by atoms with van der Waals surface area (Å²) in [5, 5.41) is 19.4. The van der Waals surface area contributed by atoms with E-state index in [9.17, 15) is 18.7 Å². The highest BCUT2D eigenvalue weighted by molar-refractivity contribution is 5.74. The molecule has 0 spiro atoms. The van der Waals surface area contributed by atoms with Crippen molar-refractivity contribution in [2.45, 2.75) is 19.4 Å². The minimum atomic E-state index is -1.05. The van der Waals surface area contributed by atoms with Crippen LogP contribution in [-0.2, 0) is 0 Å². The van der Waals surface area contributed by atoms with Crippen LogP contribution in [0.15, 0.2) is 55.0 Å². The van der Waals surface area contributed by atoms with Crippen LogP contribution in [0, 0.1) is 17.6 Å². The molecule has 35 heavy (non-hydrogen) atoms. The number of fused-ring (bicyclic) bond motifs is 1. The molecule has 1 aromatic carbocycles. The molecule has 0 bridgehead atoms. The largest absolute Gasteiger partial charge is 0.465 e. The number of nitrogens with one attached hydrogen (secondary N) is 2. The fraction of sp³-hybridized carbons (Fsp3) is 0.250. The van der Waals surface area contributed by atoms with E-state index in [1.54, 1.807) is 30.7 Å². The highest BCUT2D eigenvalue weighted by atomic mass is 19.1. The van der Waals surface area contributed by atoms with Gasteiger partial charge in [0.2, 0.25) is 5.95 Å². The average molecular weight is 479 g/mol. The Labute approximate surface area is 199 Å². The lowest BCUT2D eigenvalue weighted by atomic mass is 9.93. The minimum absolute atomic E-state index is 0.133. The van der Waals surface area contributed by atoms with Gasteiger partial charge in [0.1, 0.15) is 11.6 Å². The summed E-state index contributed by atoms with van der Waals surface area (Å²) in [7, 11) is 0. The second-order valence-electron chi connectivity index (χ2n) is 8.52. The maximum atomic E-state index is 14.3. The molecule has 1 aliphatic heterocycles. The van der Waals surface area contributed by atoms with Crippen molar-refractivity contribution >= 4 is 28.9 Å². The van der Waals surface area contributed by atoms with E-state index in [1.807, 2.05) is 13.0 Å². The van der Waals surface area contributed by atoms with Gasteiger partial charge >= 0.3 is 6.09 Å². The lowest BCUT2D eigenvalue weighted by Crippen LogP contribution is -2.51. The van der Waals surface area contributed by atoms with E-state index >= 15 is 0 Å². The molecule has 180 valence electrons. The predicted molar refractivity (Wildman–Crippen MR) is 127 cm³/mol. The van der Waals surface area contributed by atoms with Crippen molar-refractivity contribution in [2.75, 3.05) is 23.3 Å². The van der Waals surface area contributed by atoms with Crippen LogP contribution in [0.2, 0.25) is 0 Å². The zero-order valence-corrected chi connectivity index (χ0v) is 18.8. The highest BCUT2D eigenvalue weighted by Crippen LogP contribution is 2.32. The molecule has 11 heteroatoms. The molecule has 2 atom stereocenters. The first-order chi connectivity index (χ1) is 16.9. The van der Waals surface area contributed by atoms with Crippen molar-refractivity contribution in [3.05, 3.63) is 66.6 Å². The minimum Gasteiger partial charge on any atom is -0.465 e. The van der Waals surface area contributed by atoms with Crippen molar-refractivity contribution in [2.24, 2.45) is 5.92 Å². The van der Waals surface area contributed by atoms with Gasteiger partial charge in [-0.1, -0.05) is 13.0 Å². The van der Waals surface area contributed by atoms with Gasteiger partial charge in [0.15, 0.2) is 0 Å². The van der Waals surface area contributed by atoms with Crippen molar-refractivity contribution in [1.29, 1.82) is 0 Å². The molecule has 3 N–H and O–H groups in total. The quantitative estimate of drug-likeness (QED) is 0.392. The van der Waals surface area contributed by atoms with Gasteiger partial charge in [-0.25, -0.2) is 18.6 Å². The van der Waals surface area contributed by atoms with Crippen LogP contribution in [0.5, 0.6) is 0 Å². The summed E-state index contributed by atoms with van der Waals surface area (Å²) in [6.45, 7) is 3.28. The molecule has 0 unspecified atom stereocenters. The molecule has 1 saturated heterocycles. The Morgan fingerprint density at radius 1 is 1.14 bits per heavy atom. The van der Waals surface area contributed by atoms with Gasteiger partial charge in [0, 0.05) is 19.3 Å². The van der Waals surface area contributed by atoms with E-state index in [0.717, 1.165) is 18.7 Å². The van der Waals surface area contributed by atoms with E-state index in [-0.39, 0.29) is 23.2 Å². The third kappa shape index (κ3) is 4.44. The van der Waals surface area contributed by atoms with Crippen LogP contribution in [0.1, 0.15) is 13.3 Å². The number of piperidine rings is 1. The Kier molecular flexibility index (Phi) is 5.89. The highest BCUT2D eigenvalue weighted by Gasteiger charge is 2.29. The topological polar surface area (TPSA) is 108 Å². The number of hydrogen-bond acceptors (Lipinski definition) is 6. The average Bonchev–Trinajstić information content (AvgIpc) is 3.23. The lowest BCUT2D eigenvalue weighted by molar-refractivity contribution is 0.182. The van der Waals surface area contributed by atoms with E-state index in [1.165, 1.54) is 22.7 Å². The number of anilines is 3. The molecule has 1 amide bonds. The summed E-state index contributed by atoms with van der Waals surface area (Å²) in [4.78, 5) is 21.9. The molecule has 5 rings (SSSR count). The number of hydrogen-bond donors (Lipinski definition) is 3. The normalized spacial score (nSPS) is 18.0. The third-order valence-electron chi connectivity index (χ3n) is 6.26. The standard InChI is InChI=1S/C24H23F2N7O2/c1-14-8-10-32(13-20(14)30-24(34)35)21-7-9-27-12-19(21)29-23-28-11-15-5-6-18(31-33(15)23)22-16(25)3-2-4-17(22)26/h2-7,9,11-12,14,20,30H,8,10,13H2,1H3,(H,28,29)(H,34,35)/t14-,20+/m1/s1. The van der Waals surface area contributed by atoms with Crippen LogP contribution in [0.3, 0.4) is 0 Å². The van der Waals surface area contributed by atoms with Crippen LogP contribution < -0.4 is 15.5 Å². The molecule has 0 radical (unpaired) electrons. The second-order valence-corrected chi connectivity index (χ2v) is 8.52. The van der Waals surface area contributed by atoms with Crippen molar-refractivity contribution in [3.63, 3.8) is 0 Å². The van der Waals surface area contributed by atoms with Crippen LogP contribution in [0.25, 0.3) is 16.8 Å². The molecular formula is C24H23F2N7O2. The Morgan fingerprint density at radius 2 is 1.94 bits per heavy atom. The number of carbonyl (C=O) groups is 1. The Bertz CT molecular complexity index is 1370. The molecule has 4 heterocycles. The maximum Gasteiger partial charge on any atom is 0.404 e. The molecule has 9 nitrogen and oxygen atoms in total. The molecule has 0 saturated carbocycles. The predicted octanol–water partition coefficient (Wildman–Crippen LogP) is 4.30. The zero-order chi connectivity index (χ0) is 24.5. The van der Waals surface area contributed by atoms with Crippen molar-refractivity contribution < 1.29 is 18.7 Å². The molecule has 4 aromatic rings. The molecule has 3 aromatic heterocycles. The number of rotatable bonds is 5. The van der Waals surface area contributed by atoms with Crippen molar-refractivity contribution in [3.8, 4) is 11.3 Å². The zero-order valence-electron chi connectivity index (χ0n) is 18.8. The van der Waals surface area contributed by atoms with Gasteiger partial charge in [-0.05, 0) is 42.7 Å². The summed E-state index contributed by atoms with van der Waals surface area (Å²) in [6.07, 6.45) is 4.68. The van der Waals surface area contributed by atoms with E-state index in [4.69, 9.17) is 0 Å². The molecule has 0 aliphatic carbocycles. The Balaban J connectivity index is 1.47. The monoisotopic (exact) mass is 479 g/mol. The van der Waals surface area contributed by atoms with E-state index in [0.29, 0.717) is 23.7 Å². The summed E-state index contributed by atoms with van der Waals surface area (Å²) < 4.78 is 30.1. The Hall–Kier alpha value is -4.28. The van der Waals surface area contributed by atoms with Crippen LogP contribution >= 0.6 is 0 Å². The van der Waals surface area contributed by atoms with E-state index in [2.05, 4.69) is 30.6 Å². The summed E-state index contributed by atoms with van der Waals surface area (Å²) in [5.74, 6) is -0.855. The fourth-order valence-corrected chi connectivity index (χ4v) is 4.36. The lowest BCUT2D eigenvalue weighted by Gasteiger charge is -2.38. The third-order valence-corrected chi connectivity index (χ3v) is 6.26. The molecular weight excluding hydrogens is 456 g/mol. The molecule has 1 aliphatic rings. The first-order valence-electron chi connectivity index (χ1n) is 11.2. The number of imidazole rings is 1. The first-order valence-corrected chi connectivity index (χ1v) is 11.2. The molecule has 1 fully saturated rings. The number of carboxylic acid groups (broad SMARTS) is 1. The smallest absolute Gasteiger partial charge is 0.404 e. The van der Waals surface area contributed by atoms with Crippen LogP contribution in [0.4, 0.5) is 30.9 Å². The summed E-state index contributed by atoms with van der Waals surface area (Å²) in [6, 6.07) is 8.54. The van der Waals surface area contributed by atoms with Crippen molar-refractivity contribution in [1.82, 2.24) is 24.9 Å². The summed E-state index contributed by atoms with van der Waals surface area (Å²) in [5.41, 5.74) is 2.03. The van der Waals surface area contributed by atoms with Crippen LogP contribution in [-0.4, -0.2) is 49.9 Å². The number of halogens is 2. The number of pyridine rings is 1. The first kappa shape index (κ1) is 22.5. The number of benzene rings is 1. The van der Waals surface area contributed by atoms with E-state index < -0.39 is 17.7 Å². The Morgan fingerprint density at radius 3 is 2.71 bits per heavy atom. The SMILES string of the molecule is C[C@@H]1CCN(c2ccncc2Nc2ncc3ccc(-c4c(F)cccc4F)nn23)C[C@@H]1NC(=O)O. The number of nitrogens with zero attached hydrogens (tertiary/aromatic N) is 5. The fourth-order valence-electron chi connectivity index (χ4n) is 4.36. The second kappa shape index (κ2) is 9.16. The number of aromatic nitrogens is 4. The van der Waals surface area contributed by atoms with Gasteiger partial charge in [-0.3, -0.25) is 4.98 Å². The van der Waals surface area contributed by atoms with Gasteiger partial charge in [-0.2, -0.15) is 9.61 Å². The van der Waals surface area contributed by atoms with Gasteiger partial charge < -0.3 is 20.6 Å². The van der Waals surface area contributed by atoms with Gasteiger partial charge in [-0.15, -0.1) is 0 Å². The van der Waals surface area contributed by atoms with Gasteiger partial charge in [0.05, 0.1) is 46.6 Å². The maximum absolute atomic E-state index is 14.3.